The van der Waals surface area contributed by atoms with Gasteiger partial charge in [-0.25, -0.2) is 0 Å². The molecule has 1 atom stereocenters. The molecule has 0 aromatic heterocycles. The molecule has 2 nitrogen and oxygen atoms in total. The summed E-state index contributed by atoms with van der Waals surface area (Å²) in [7, 11) is -1.60. The molecule has 0 spiro atoms. The van der Waals surface area contributed by atoms with Crippen molar-refractivity contribution in [2.24, 2.45) is 5.92 Å². The molecule has 0 bridgehead atoms. The van der Waals surface area contributed by atoms with Gasteiger partial charge in [0.15, 0.2) is 8.32 Å². The number of hydrogen-bond donors (Lipinski definition) is 1. The number of hydrogen-bond acceptors (Lipinski definition) is 2. The lowest BCUT2D eigenvalue weighted by Crippen LogP contribution is -2.41. The van der Waals surface area contributed by atoms with Gasteiger partial charge in [-0.2, -0.15) is 0 Å². The van der Waals surface area contributed by atoms with E-state index >= 15 is 0 Å². The molecule has 0 amide bonds. The predicted molar refractivity (Wildman–Crippen MR) is 68.5 cm³/mol. The van der Waals surface area contributed by atoms with Crippen molar-refractivity contribution in [2.45, 2.75) is 45.8 Å². The second-order valence-electron chi connectivity index (χ2n) is 5.66. The van der Waals surface area contributed by atoms with Crippen LogP contribution in [-0.4, -0.2) is 26.6 Å². The van der Waals surface area contributed by atoms with Gasteiger partial charge in [-0.15, -0.1) is 0 Å². The molecule has 0 aliphatic rings. The normalized spacial score (nSPS) is 15.9. The van der Waals surface area contributed by atoms with Crippen LogP contribution < -0.4 is 0 Å². The Morgan fingerprint density at radius 3 is 2.27 bits per heavy atom. The van der Waals surface area contributed by atoms with Crippen molar-refractivity contribution in [3.8, 4) is 0 Å². The molecule has 0 fully saturated rings. The summed E-state index contributed by atoms with van der Waals surface area (Å²) in [6.07, 6.45) is 3.78. The molecule has 0 radical (unpaired) electrons. The van der Waals surface area contributed by atoms with E-state index in [1.807, 2.05) is 6.08 Å². The molecule has 90 valence electrons. The summed E-state index contributed by atoms with van der Waals surface area (Å²) in [6.45, 7) is 14.2. The first-order chi connectivity index (χ1) is 6.70. The highest BCUT2D eigenvalue weighted by Gasteiger charge is 2.37. The molecule has 0 rings (SSSR count). The Morgan fingerprint density at radius 1 is 1.33 bits per heavy atom. The van der Waals surface area contributed by atoms with E-state index in [9.17, 15) is 0 Å². The molecule has 0 aromatic rings. The van der Waals surface area contributed by atoms with Gasteiger partial charge in [0.2, 0.25) is 0 Å². The van der Waals surface area contributed by atoms with E-state index in [2.05, 4.69) is 40.8 Å². The maximum atomic E-state index is 8.65. The summed E-state index contributed by atoms with van der Waals surface area (Å²) >= 11 is 0. The minimum absolute atomic E-state index is 0.116. The van der Waals surface area contributed by atoms with Gasteiger partial charge in [0.25, 0.3) is 0 Å². The van der Waals surface area contributed by atoms with Crippen LogP contribution in [-0.2, 0) is 4.43 Å². The van der Waals surface area contributed by atoms with Crippen LogP contribution in [0.15, 0.2) is 12.2 Å². The quantitative estimate of drug-likeness (QED) is 0.580. The Kier molecular flexibility index (Phi) is 5.78. The molecule has 1 N–H and O–H groups in total. The summed E-state index contributed by atoms with van der Waals surface area (Å²) in [5.74, 6) is 0.381. The fourth-order valence-electron chi connectivity index (χ4n) is 0.905. The Hall–Kier alpha value is -0.123. The largest absolute Gasteiger partial charge is 0.416 e. The maximum absolute atomic E-state index is 8.65. The Morgan fingerprint density at radius 2 is 1.87 bits per heavy atom. The highest BCUT2D eigenvalue weighted by Crippen LogP contribution is 2.36. The van der Waals surface area contributed by atoms with Crippen LogP contribution in [0.25, 0.3) is 0 Å². The van der Waals surface area contributed by atoms with Gasteiger partial charge < -0.3 is 9.53 Å². The zero-order chi connectivity index (χ0) is 12.1. The Balaban J connectivity index is 4.10. The number of aliphatic hydroxyl groups excluding tert-OH is 1. The van der Waals surface area contributed by atoms with Crippen LogP contribution >= 0.6 is 0 Å². The molecule has 3 heteroatoms. The third-order valence-corrected chi connectivity index (χ3v) is 7.58. The highest BCUT2D eigenvalue weighted by molar-refractivity contribution is 6.74. The van der Waals surface area contributed by atoms with Crippen molar-refractivity contribution >= 4 is 8.32 Å². The first-order valence-electron chi connectivity index (χ1n) is 5.62. The van der Waals surface area contributed by atoms with E-state index < -0.39 is 8.32 Å². The second kappa shape index (κ2) is 5.82. The van der Waals surface area contributed by atoms with Gasteiger partial charge in [-0.3, -0.25) is 0 Å². The molecule has 15 heavy (non-hydrogen) atoms. The summed E-state index contributed by atoms with van der Waals surface area (Å²) < 4.78 is 6.06. The molecule has 0 unspecified atom stereocenters. The molecule has 0 saturated heterocycles. The van der Waals surface area contributed by atoms with Gasteiger partial charge in [-0.05, 0) is 24.1 Å². The van der Waals surface area contributed by atoms with Gasteiger partial charge >= 0.3 is 0 Å². The topological polar surface area (TPSA) is 29.5 Å². The first-order valence-corrected chi connectivity index (χ1v) is 8.53. The zero-order valence-corrected chi connectivity index (χ0v) is 12.0. The lowest BCUT2D eigenvalue weighted by atomic mass is 10.2. The molecular weight excluding hydrogens is 204 g/mol. The molecule has 0 aliphatic heterocycles. The Bertz CT molecular complexity index is 204. The van der Waals surface area contributed by atoms with E-state index in [0.29, 0.717) is 5.92 Å². The second-order valence-corrected chi connectivity index (χ2v) is 10.5. The van der Waals surface area contributed by atoms with Gasteiger partial charge in [0.05, 0.1) is 6.61 Å². The lowest BCUT2D eigenvalue weighted by molar-refractivity contribution is 0.258. The van der Waals surface area contributed by atoms with Crippen molar-refractivity contribution in [2.75, 3.05) is 13.2 Å². The first kappa shape index (κ1) is 14.9. The van der Waals surface area contributed by atoms with Crippen molar-refractivity contribution in [1.82, 2.24) is 0 Å². The number of rotatable bonds is 5. The van der Waals surface area contributed by atoms with Crippen molar-refractivity contribution in [3.63, 3.8) is 0 Å². The average molecular weight is 230 g/mol. The van der Waals surface area contributed by atoms with Gasteiger partial charge in [-0.1, -0.05) is 39.8 Å². The van der Waals surface area contributed by atoms with E-state index in [-0.39, 0.29) is 11.6 Å². The van der Waals surface area contributed by atoms with E-state index in [1.165, 1.54) is 0 Å². The molecular formula is C12H26O2Si. The van der Waals surface area contributed by atoms with E-state index in [0.717, 1.165) is 6.61 Å². The van der Waals surface area contributed by atoms with Crippen LogP contribution in [0.5, 0.6) is 0 Å². The highest BCUT2D eigenvalue weighted by atomic mass is 28.4. The third kappa shape index (κ3) is 5.49. The van der Waals surface area contributed by atoms with Crippen molar-refractivity contribution in [1.29, 1.82) is 0 Å². The summed E-state index contributed by atoms with van der Waals surface area (Å²) in [5, 5.41) is 8.92. The maximum Gasteiger partial charge on any atom is 0.192 e. The van der Waals surface area contributed by atoms with Gasteiger partial charge in [0.1, 0.15) is 0 Å². The third-order valence-electron chi connectivity index (χ3n) is 3.08. The molecule has 0 aliphatic carbocycles. The minimum Gasteiger partial charge on any atom is -0.416 e. The van der Waals surface area contributed by atoms with E-state index in [4.69, 9.17) is 9.53 Å². The van der Waals surface area contributed by atoms with Crippen LogP contribution in [0.1, 0.15) is 27.7 Å². The molecule has 0 aromatic carbocycles. The van der Waals surface area contributed by atoms with Crippen molar-refractivity contribution in [3.05, 3.63) is 12.2 Å². The zero-order valence-electron chi connectivity index (χ0n) is 11.0. The fraction of sp³-hybridized carbons (Fsp3) is 0.833. The Labute approximate surface area is 95.5 Å². The van der Waals surface area contributed by atoms with Crippen LogP contribution in [0, 0.1) is 5.92 Å². The van der Waals surface area contributed by atoms with E-state index in [1.54, 1.807) is 6.08 Å². The summed E-state index contributed by atoms with van der Waals surface area (Å²) in [4.78, 5) is 0. The summed E-state index contributed by atoms with van der Waals surface area (Å²) in [5.41, 5.74) is 0. The smallest absolute Gasteiger partial charge is 0.192 e. The van der Waals surface area contributed by atoms with Crippen LogP contribution in [0.2, 0.25) is 18.1 Å². The fourth-order valence-corrected chi connectivity index (χ4v) is 2.02. The minimum atomic E-state index is -1.60. The summed E-state index contributed by atoms with van der Waals surface area (Å²) in [6, 6.07) is 0. The standard InChI is InChI=1S/C12H26O2Si/c1-11(8-7-9-13)10-14-15(5,6)12(2,3)4/h7-8,11,13H,9-10H2,1-6H3/b8-7+/t11-/m1/s1. The predicted octanol–water partition coefficient (Wildman–Crippen LogP) is 3.19. The SMILES string of the molecule is C[C@H](/C=C/CO)CO[Si](C)(C)C(C)(C)C. The monoisotopic (exact) mass is 230 g/mol. The molecule has 0 heterocycles. The lowest BCUT2D eigenvalue weighted by Gasteiger charge is -2.36. The molecule has 0 saturated carbocycles. The van der Waals surface area contributed by atoms with Gasteiger partial charge in [0, 0.05) is 6.61 Å². The number of aliphatic hydroxyl groups is 1. The average Bonchev–Trinajstić information content (AvgIpc) is 2.09. The van der Waals surface area contributed by atoms with Crippen LogP contribution in [0.3, 0.4) is 0 Å². The van der Waals surface area contributed by atoms with Crippen LogP contribution in [0.4, 0.5) is 0 Å². The van der Waals surface area contributed by atoms with Crippen molar-refractivity contribution < 1.29 is 9.53 Å².